The summed E-state index contributed by atoms with van der Waals surface area (Å²) < 4.78 is 13.4. The lowest BCUT2D eigenvalue weighted by Crippen LogP contribution is -2.48. The molecule has 0 aliphatic carbocycles. The molecule has 0 saturated carbocycles. The van der Waals surface area contributed by atoms with Crippen LogP contribution in [0.25, 0.3) is 5.57 Å². The zero-order valence-corrected chi connectivity index (χ0v) is 18.9. The van der Waals surface area contributed by atoms with Crippen molar-refractivity contribution in [3.63, 3.8) is 0 Å². The molecule has 2 heterocycles. The summed E-state index contributed by atoms with van der Waals surface area (Å²) in [7, 11) is 0. The van der Waals surface area contributed by atoms with Gasteiger partial charge < -0.3 is 10.3 Å². The lowest BCUT2D eigenvalue weighted by molar-refractivity contribution is 0.193. The Morgan fingerprint density at radius 2 is 1.52 bits per heavy atom. The Morgan fingerprint density at radius 3 is 2.21 bits per heavy atom. The molecule has 0 amide bonds. The van der Waals surface area contributed by atoms with Crippen LogP contribution in [0.4, 0.5) is 4.39 Å². The van der Waals surface area contributed by atoms with Crippen molar-refractivity contribution in [2.24, 2.45) is 5.10 Å². The third-order valence-electron chi connectivity index (χ3n) is 7.08. The highest BCUT2D eigenvalue weighted by Crippen LogP contribution is 2.39. The standard InChI is InChI=1S/C29H30FN3/c30-27-13-11-24(12-14-27)25-21-28(32-31-22-25)29(26-9-5-2-6-10-26)16-19-33(20-17-29)18-15-23-7-3-1-4-8-23/h1-14,21,31H,15-20,22H2. The molecule has 1 fully saturated rings. The van der Waals surface area contributed by atoms with Gasteiger partial charge in [0.05, 0.1) is 12.3 Å². The van der Waals surface area contributed by atoms with Gasteiger partial charge in [-0.05, 0) is 72.8 Å². The van der Waals surface area contributed by atoms with Gasteiger partial charge in [-0.1, -0.05) is 72.8 Å². The molecule has 3 aromatic carbocycles. The molecule has 4 heteroatoms. The molecule has 0 unspecified atom stereocenters. The first-order chi connectivity index (χ1) is 16.2. The van der Waals surface area contributed by atoms with Crippen molar-refractivity contribution < 1.29 is 4.39 Å². The maximum absolute atomic E-state index is 13.4. The van der Waals surface area contributed by atoms with Crippen LogP contribution in [-0.2, 0) is 11.8 Å². The van der Waals surface area contributed by atoms with Crippen LogP contribution < -0.4 is 5.43 Å². The van der Waals surface area contributed by atoms with Gasteiger partial charge in [0.2, 0.25) is 0 Å². The van der Waals surface area contributed by atoms with Crippen molar-refractivity contribution in [3.05, 3.63) is 114 Å². The van der Waals surface area contributed by atoms with Crippen molar-refractivity contribution in [1.29, 1.82) is 0 Å². The normalized spacial score (nSPS) is 18.2. The van der Waals surface area contributed by atoms with Gasteiger partial charge in [-0.2, -0.15) is 5.10 Å². The predicted octanol–water partition coefficient (Wildman–Crippen LogP) is 5.44. The van der Waals surface area contributed by atoms with Gasteiger partial charge in [-0.25, -0.2) is 4.39 Å². The Hall–Kier alpha value is -3.24. The smallest absolute Gasteiger partial charge is 0.123 e. The Bertz CT molecular complexity index is 1110. The third kappa shape index (κ3) is 4.76. The second-order valence-electron chi connectivity index (χ2n) is 9.03. The number of nitrogens with one attached hydrogen (secondary N) is 1. The number of nitrogens with zero attached hydrogens (tertiary/aromatic N) is 2. The fourth-order valence-corrected chi connectivity index (χ4v) is 5.09. The highest BCUT2D eigenvalue weighted by molar-refractivity contribution is 6.08. The number of benzene rings is 3. The van der Waals surface area contributed by atoms with E-state index in [4.69, 9.17) is 5.10 Å². The van der Waals surface area contributed by atoms with Crippen LogP contribution in [0.15, 0.2) is 96.1 Å². The Balaban J connectivity index is 1.38. The van der Waals surface area contributed by atoms with E-state index >= 15 is 0 Å². The molecule has 3 nitrogen and oxygen atoms in total. The minimum Gasteiger partial charge on any atom is -0.305 e. The Morgan fingerprint density at radius 1 is 0.848 bits per heavy atom. The summed E-state index contributed by atoms with van der Waals surface area (Å²) in [6, 6.07) is 28.3. The van der Waals surface area contributed by atoms with E-state index in [1.54, 1.807) is 0 Å². The molecule has 0 spiro atoms. The molecule has 0 atom stereocenters. The van der Waals surface area contributed by atoms with Crippen LogP contribution in [-0.4, -0.2) is 36.8 Å². The molecule has 0 aromatic heterocycles. The molecule has 33 heavy (non-hydrogen) atoms. The summed E-state index contributed by atoms with van der Waals surface area (Å²) in [6.07, 6.45) is 5.37. The largest absolute Gasteiger partial charge is 0.305 e. The minimum atomic E-state index is -0.208. The lowest BCUT2D eigenvalue weighted by atomic mass is 9.68. The molecule has 2 aliphatic heterocycles. The zero-order valence-electron chi connectivity index (χ0n) is 18.9. The van der Waals surface area contributed by atoms with E-state index in [0.717, 1.165) is 55.7 Å². The maximum atomic E-state index is 13.4. The van der Waals surface area contributed by atoms with Crippen molar-refractivity contribution in [1.82, 2.24) is 10.3 Å². The molecule has 1 N–H and O–H groups in total. The molecule has 2 aliphatic rings. The van der Waals surface area contributed by atoms with Gasteiger partial charge >= 0.3 is 0 Å². The molecule has 0 bridgehead atoms. The van der Waals surface area contributed by atoms with Gasteiger partial charge in [0, 0.05) is 12.0 Å². The van der Waals surface area contributed by atoms with Crippen LogP contribution in [0.1, 0.15) is 29.5 Å². The Kier molecular flexibility index (Phi) is 6.36. The first kappa shape index (κ1) is 21.6. The third-order valence-corrected chi connectivity index (χ3v) is 7.08. The number of likely N-dealkylation sites (tertiary alicyclic amines) is 1. The molecule has 0 radical (unpaired) electrons. The zero-order chi connectivity index (χ0) is 22.5. The number of hydrogen-bond acceptors (Lipinski definition) is 3. The van der Waals surface area contributed by atoms with Gasteiger partial charge in [0.1, 0.15) is 5.82 Å². The minimum absolute atomic E-state index is 0.122. The number of halogens is 1. The molecular weight excluding hydrogens is 409 g/mol. The van der Waals surface area contributed by atoms with E-state index in [-0.39, 0.29) is 11.2 Å². The van der Waals surface area contributed by atoms with Gasteiger partial charge in [-0.3, -0.25) is 0 Å². The average Bonchev–Trinajstić information content (AvgIpc) is 2.89. The molecule has 1 saturated heterocycles. The van der Waals surface area contributed by atoms with Crippen molar-refractivity contribution >= 4 is 11.3 Å². The van der Waals surface area contributed by atoms with Crippen LogP contribution in [0.2, 0.25) is 0 Å². The highest BCUT2D eigenvalue weighted by atomic mass is 19.1. The molecule has 168 valence electrons. The summed E-state index contributed by atoms with van der Waals surface area (Å²) >= 11 is 0. The van der Waals surface area contributed by atoms with E-state index < -0.39 is 0 Å². The summed E-state index contributed by atoms with van der Waals surface area (Å²) in [6.45, 7) is 3.82. The average molecular weight is 440 g/mol. The fourth-order valence-electron chi connectivity index (χ4n) is 5.09. The molecule has 3 aromatic rings. The fraction of sp³-hybridized carbons (Fsp3) is 0.276. The maximum Gasteiger partial charge on any atom is 0.123 e. The second-order valence-corrected chi connectivity index (χ2v) is 9.03. The number of piperidine rings is 1. The van der Waals surface area contributed by atoms with E-state index in [1.165, 1.54) is 23.3 Å². The first-order valence-corrected chi connectivity index (χ1v) is 11.8. The SMILES string of the molecule is Fc1ccc(C2=CC(C3(c4ccccc4)CCN(CCc4ccccc4)CC3)=NNC2)cc1. The summed E-state index contributed by atoms with van der Waals surface area (Å²) in [5.41, 5.74) is 9.14. The predicted molar refractivity (Wildman–Crippen MR) is 134 cm³/mol. The van der Waals surface area contributed by atoms with Crippen LogP contribution >= 0.6 is 0 Å². The second kappa shape index (κ2) is 9.72. The van der Waals surface area contributed by atoms with Crippen LogP contribution in [0.5, 0.6) is 0 Å². The number of hydrazone groups is 1. The summed E-state index contributed by atoms with van der Waals surface area (Å²) in [5.74, 6) is -0.208. The quantitative estimate of drug-likeness (QED) is 0.553. The van der Waals surface area contributed by atoms with E-state index in [9.17, 15) is 4.39 Å². The van der Waals surface area contributed by atoms with Crippen molar-refractivity contribution in [2.45, 2.75) is 24.7 Å². The number of allylic oxidation sites excluding steroid dienone is 1. The van der Waals surface area contributed by atoms with Gasteiger partial charge in [0.25, 0.3) is 0 Å². The molecular formula is C29H30FN3. The highest BCUT2D eigenvalue weighted by Gasteiger charge is 2.40. The van der Waals surface area contributed by atoms with E-state index in [1.807, 2.05) is 12.1 Å². The number of hydrogen-bond donors (Lipinski definition) is 1. The van der Waals surface area contributed by atoms with Gasteiger partial charge in [0.15, 0.2) is 0 Å². The molecule has 5 rings (SSSR count). The van der Waals surface area contributed by atoms with Crippen molar-refractivity contribution in [3.8, 4) is 0 Å². The van der Waals surface area contributed by atoms with Gasteiger partial charge in [-0.15, -0.1) is 0 Å². The summed E-state index contributed by atoms with van der Waals surface area (Å²) in [4.78, 5) is 2.58. The lowest BCUT2D eigenvalue weighted by Gasteiger charge is -2.43. The summed E-state index contributed by atoms with van der Waals surface area (Å²) in [5, 5.41) is 4.81. The number of rotatable bonds is 6. The van der Waals surface area contributed by atoms with E-state index in [2.05, 4.69) is 77.1 Å². The topological polar surface area (TPSA) is 27.6 Å². The van der Waals surface area contributed by atoms with Crippen molar-refractivity contribution in [2.75, 3.05) is 26.2 Å². The van der Waals surface area contributed by atoms with Crippen LogP contribution in [0.3, 0.4) is 0 Å². The first-order valence-electron chi connectivity index (χ1n) is 11.8. The monoisotopic (exact) mass is 439 g/mol. The van der Waals surface area contributed by atoms with Crippen LogP contribution in [0, 0.1) is 5.82 Å². The Labute approximate surface area is 195 Å². The van der Waals surface area contributed by atoms with E-state index in [0.29, 0.717) is 6.54 Å².